The summed E-state index contributed by atoms with van der Waals surface area (Å²) in [5.41, 5.74) is 7.79. The van der Waals surface area contributed by atoms with E-state index in [0.717, 1.165) is 12.1 Å². The van der Waals surface area contributed by atoms with E-state index in [1.165, 1.54) is 23.3 Å². The fourth-order valence-electron chi connectivity index (χ4n) is 1.30. The molecule has 0 saturated heterocycles. The number of rotatable bonds is 2. The Kier molecular flexibility index (Phi) is 2.53. The molecule has 0 aliphatic carbocycles. The number of benzene rings is 1. The third-order valence-corrected chi connectivity index (χ3v) is 1.92. The number of imidazole rings is 1. The summed E-state index contributed by atoms with van der Waals surface area (Å²) in [4.78, 5) is 6.14. The molecule has 2 rings (SSSR count). The van der Waals surface area contributed by atoms with Crippen molar-refractivity contribution in [2.24, 2.45) is 5.11 Å². The maximum absolute atomic E-state index is 13.5. The maximum Gasteiger partial charge on any atom is 0.150 e. The number of azide groups is 1. The van der Waals surface area contributed by atoms with Crippen molar-refractivity contribution in [2.45, 2.75) is 0 Å². The maximum atomic E-state index is 13.5. The molecule has 0 aliphatic rings. The minimum Gasteiger partial charge on any atom is -0.301 e. The van der Waals surface area contributed by atoms with Crippen LogP contribution in [0.2, 0.25) is 0 Å². The second-order valence-electron chi connectivity index (χ2n) is 2.92. The van der Waals surface area contributed by atoms with Crippen LogP contribution in [-0.4, -0.2) is 9.55 Å². The van der Waals surface area contributed by atoms with E-state index in [9.17, 15) is 8.78 Å². The fraction of sp³-hybridized carbons (Fsp3) is 0. The highest BCUT2D eigenvalue weighted by atomic mass is 19.1. The third-order valence-electron chi connectivity index (χ3n) is 1.92. The number of halogens is 2. The first kappa shape index (κ1) is 10.1. The minimum atomic E-state index is -0.819. The van der Waals surface area contributed by atoms with Gasteiger partial charge in [0.2, 0.25) is 0 Å². The molecular formula is C9H5F2N5. The molecule has 0 bridgehead atoms. The van der Waals surface area contributed by atoms with E-state index < -0.39 is 11.6 Å². The largest absolute Gasteiger partial charge is 0.301 e. The Hall–Kier alpha value is -2.40. The first-order valence-electron chi connectivity index (χ1n) is 4.25. The van der Waals surface area contributed by atoms with Crippen molar-refractivity contribution in [2.75, 3.05) is 0 Å². The molecule has 16 heavy (non-hydrogen) atoms. The van der Waals surface area contributed by atoms with Crippen molar-refractivity contribution in [1.29, 1.82) is 0 Å². The second kappa shape index (κ2) is 4.00. The molecule has 5 nitrogen and oxygen atoms in total. The van der Waals surface area contributed by atoms with Crippen molar-refractivity contribution in [3.05, 3.63) is 52.9 Å². The normalized spacial score (nSPS) is 9.88. The molecule has 1 heterocycles. The molecule has 0 saturated carbocycles. The Bertz CT molecular complexity index is 534. The summed E-state index contributed by atoms with van der Waals surface area (Å²) in [7, 11) is 0. The summed E-state index contributed by atoms with van der Waals surface area (Å²) in [6.45, 7) is 0. The molecule has 0 aliphatic heterocycles. The first-order chi connectivity index (χ1) is 7.72. The van der Waals surface area contributed by atoms with Gasteiger partial charge in [-0.15, -0.1) is 0 Å². The van der Waals surface area contributed by atoms with Crippen molar-refractivity contribution in [3.63, 3.8) is 0 Å². The van der Waals surface area contributed by atoms with Gasteiger partial charge in [0.1, 0.15) is 5.69 Å². The Morgan fingerprint density at radius 1 is 1.31 bits per heavy atom. The predicted molar refractivity (Wildman–Crippen MR) is 52.3 cm³/mol. The van der Waals surface area contributed by atoms with Gasteiger partial charge in [0.25, 0.3) is 0 Å². The number of hydrogen-bond donors (Lipinski definition) is 0. The van der Waals surface area contributed by atoms with Crippen molar-refractivity contribution in [3.8, 4) is 5.69 Å². The molecule has 0 unspecified atom stereocenters. The number of aromatic nitrogens is 2. The van der Waals surface area contributed by atoms with Crippen LogP contribution in [0.4, 0.5) is 14.5 Å². The van der Waals surface area contributed by atoms with Gasteiger partial charge in [0.15, 0.2) is 11.6 Å². The minimum absolute atomic E-state index is 0.110. The molecule has 0 amide bonds. The highest BCUT2D eigenvalue weighted by Gasteiger charge is 2.12. The topological polar surface area (TPSA) is 66.6 Å². The van der Waals surface area contributed by atoms with E-state index in [2.05, 4.69) is 15.0 Å². The lowest BCUT2D eigenvalue weighted by molar-refractivity contribution is 0.569. The second-order valence-corrected chi connectivity index (χ2v) is 2.92. The molecule has 2 aromatic rings. The summed E-state index contributed by atoms with van der Waals surface area (Å²) in [5, 5.41) is 3.13. The summed E-state index contributed by atoms with van der Waals surface area (Å²) in [5.74, 6) is -1.64. The van der Waals surface area contributed by atoms with E-state index in [-0.39, 0.29) is 11.4 Å². The Morgan fingerprint density at radius 2 is 2.00 bits per heavy atom. The lowest BCUT2D eigenvalue weighted by Crippen LogP contribution is -1.98. The summed E-state index contributed by atoms with van der Waals surface area (Å²) in [6, 6.07) is 1.91. The van der Waals surface area contributed by atoms with Gasteiger partial charge in [-0.05, 0) is 17.7 Å². The van der Waals surface area contributed by atoms with Gasteiger partial charge in [-0.1, -0.05) is 5.11 Å². The van der Waals surface area contributed by atoms with Crippen molar-refractivity contribution in [1.82, 2.24) is 9.55 Å². The van der Waals surface area contributed by atoms with Gasteiger partial charge < -0.3 is 4.57 Å². The van der Waals surface area contributed by atoms with Crippen LogP contribution < -0.4 is 0 Å². The van der Waals surface area contributed by atoms with Crippen molar-refractivity contribution < 1.29 is 8.78 Å². The van der Waals surface area contributed by atoms with Crippen molar-refractivity contribution >= 4 is 5.69 Å². The number of hydrogen-bond acceptors (Lipinski definition) is 2. The van der Waals surface area contributed by atoms with Crippen LogP contribution in [0, 0.1) is 11.6 Å². The van der Waals surface area contributed by atoms with E-state index in [4.69, 9.17) is 5.53 Å². The number of nitrogens with zero attached hydrogens (tertiary/aromatic N) is 5. The molecule has 0 atom stereocenters. The van der Waals surface area contributed by atoms with Gasteiger partial charge in [-0.3, -0.25) is 0 Å². The molecule has 80 valence electrons. The zero-order valence-electron chi connectivity index (χ0n) is 7.88. The van der Waals surface area contributed by atoms with E-state index in [0.29, 0.717) is 0 Å². The van der Waals surface area contributed by atoms with Crippen LogP contribution in [0.15, 0.2) is 36.0 Å². The van der Waals surface area contributed by atoms with Gasteiger partial charge in [-0.25, -0.2) is 13.8 Å². The van der Waals surface area contributed by atoms with E-state index >= 15 is 0 Å². The van der Waals surface area contributed by atoms with Crippen LogP contribution in [0.3, 0.4) is 0 Å². The van der Waals surface area contributed by atoms with Gasteiger partial charge in [0.05, 0.1) is 6.33 Å². The highest BCUT2D eigenvalue weighted by Crippen LogP contribution is 2.24. The molecule has 0 radical (unpaired) electrons. The quantitative estimate of drug-likeness (QED) is 0.436. The Balaban J connectivity index is 2.60. The zero-order valence-corrected chi connectivity index (χ0v) is 7.88. The van der Waals surface area contributed by atoms with Crippen LogP contribution in [0.25, 0.3) is 16.1 Å². The van der Waals surface area contributed by atoms with Crippen LogP contribution >= 0.6 is 0 Å². The Labute approximate surface area is 88.6 Å². The SMILES string of the molecule is [N-]=[N+]=Nc1cc(F)c(-n2ccnc2)c(F)c1. The van der Waals surface area contributed by atoms with Crippen LogP contribution in [0.1, 0.15) is 0 Å². The Morgan fingerprint density at radius 3 is 2.50 bits per heavy atom. The summed E-state index contributed by atoms with van der Waals surface area (Å²) >= 11 is 0. The monoisotopic (exact) mass is 221 g/mol. The molecule has 0 N–H and O–H groups in total. The molecule has 0 spiro atoms. The standard InChI is InChI=1S/C9H5F2N5/c10-7-3-6(14-15-12)4-8(11)9(7)16-2-1-13-5-16/h1-5H. The smallest absolute Gasteiger partial charge is 0.150 e. The molecule has 0 fully saturated rings. The fourth-order valence-corrected chi connectivity index (χ4v) is 1.30. The summed E-state index contributed by atoms with van der Waals surface area (Å²) in [6.07, 6.45) is 4.09. The molecule has 1 aromatic carbocycles. The first-order valence-corrected chi connectivity index (χ1v) is 4.25. The lowest BCUT2D eigenvalue weighted by Gasteiger charge is -2.06. The molecular weight excluding hydrogens is 216 g/mol. The molecule has 1 aromatic heterocycles. The van der Waals surface area contributed by atoms with Gasteiger partial charge in [0, 0.05) is 23.0 Å². The lowest BCUT2D eigenvalue weighted by atomic mass is 10.2. The summed E-state index contributed by atoms with van der Waals surface area (Å²) < 4.78 is 28.3. The highest BCUT2D eigenvalue weighted by molar-refractivity contribution is 5.47. The van der Waals surface area contributed by atoms with E-state index in [1.54, 1.807) is 0 Å². The zero-order chi connectivity index (χ0) is 11.5. The van der Waals surface area contributed by atoms with E-state index in [1.807, 2.05) is 0 Å². The predicted octanol–water partition coefficient (Wildman–Crippen LogP) is 3.09. The average Bonchev–Trinajstić information content (AvgIpc) is 2.70. The van der Waals surface area contributed by atoms with Crippen LogP contribution in [0.5, 0.6) is 0 Å². The van der Waals surface area contributed by atoms with Gasteiger partial charge >= 0.3 is 0 Å². The average molecular weight is 221 g/mol. The van der Waals surface area contributed by atoms with Crippen LogP contribution in [-0.2, 0) is 0 Å². The molecule has 7 heteroatoms. The van der Waals surface area contributed by atoms with Gasteiger partial charge in [-0.2, -0.15) is 0 Å². The third kappa shape index (κ3) is 1.71.